The van der Waals surface area contributed by atoms with Crippen molar-refractivity contribution < 1.29 is 9.53 Å². The summed E-state index contributed by atoms with van der Waals surface area (Å²) in [4.78, 5) is 16.1. The molecule has 0 aliphatic rings. The van der Waals surface area contributed by atoms with Gasteiger partial charge in [-0.2, -0.15) is 0 Å². The predicted molar refractivity (Wildman–Crippen MR) is 81.5 cm³/mol. The number of rotatable bonds is 9. The summed E-state index contributed by atoms with van der Waals surface area (Å²) >= 11 is 6.00. The van der Waals surface area contributed by atoms with E-state index in [-0.39, 0.29) is 5.91 Å². The van der Waals surface area contributed by atoms with Crippen molar-refractivity contribution in [1.29, 1.82) is 0 Å². The topological polar surface area (TPSA) is 63.2 Å². The molecule has 1 heterocycles. The molecule has 0 radical (unpaired) electrons. The van der Waals surface area contributed by atoms with Crippen molar-refractivity contribution in [3.8, 4) is 0 Å². The summed E-state index contributed by atoms with van der Waals surface area (Å²) in [5, 5.41) is 6.23. The Morgan fingerprint density at radius 3 is 2.90 bits per heavy atom. The second-order valence-electron chi connectivity index (χ2n) is 4.30. The standard InChI is InChI=1S/C14H22ClN3O2/c1-3-7-20-8-5-6-17-14(19)11-9-13(16-4-2)18-10-12(11)15/h9-10H,3-8H2,1-2H3,(H,16,18)(H,17,19). The van der Waals surface area contributed by atoms with Gasteiger partial charge >= 0.3 is 0 Å². The summed E-state index contributed by atoms with van der Waals surface area (Å²) in [7, 11) is 0. The van der Waals surface area contributed by atoms with E-state index in [9.17, 15) is 4.79 Å². The van der Waals surface area contributed by atoms with Crippen LogP contribution < -0.4 is 10.6 Å². The van der Waals surface area contributed by atoms with Crippen LogP contribution >= 0.6 is 11.6 Å². The molecule has 0 fully saturated rings. The first-order chi connectivity index (χ1) is 9.69. The number of pyridine rings is 1. The van der Waals surface area contributed by atoms with Crippen LogP contribution in [0, 0.1) is 0 Å². The Hall–Kier alpha value is -1.33. The maximum atomic E-state index is 12.0. The quantitative estimate of drug-likeness (QED) is 0.688. The number of nitrogens with zero attached hydrogens (tertiary/aromatic N) is 1. The van der Waals surface area contributed by atoms with E-state index in [0.717, 1.165) is 26.0 Å². The highest BCUT2D eigenvalue weighted by molar-refractivity contribution is 6.33. The Morgan fingerprint density at radius 1 is 1.40 bits per heavy atom. The van der Waals surface area contributed by atoms with Crippen molar-refractivity contribution in [3.05, 3.63) is 22.8 Å². The van der Waals surface area contributed by atoms with Crippen LogP contribution in [0.15, 0.2) is 12.3 Å². The Morgan fingerprint density at radius 2 is 2.20 bits per heavy atom. The summed E-state index contributed by atoms with van der Waals surface area (Å²) in [5.41, 5.74) is 0.437. The second-order valence-corrected chi connectivity index (χ2v) is 4.71. The van der Waals surface area contributed by atoms with E-state index >= 15 is 0 Å². The fourth-order valence-corrected chi connectivity index (χ4v) is 1.80. The zero-order valence-electron chi connectivity index (χ0n) is 12.0. The van der Waals surface area contributed by atoms with Crippen molar-refractivity contribution in [2.75, 3.05) is 31.6 Å². The van der Waals surface area contributed by atoms with Crippen LogP contribution in [0.4, 0.5) is 5.82 Å². The Bertz CT molecular complexity index is 427. The van der Waals surface area contributed by atoms with Gasteiger partial charge in [0.25, 0.3) is 5.91 Å². The molecule has 112 valence electrons. The van der Waals surface area contributed by atoms with Gasteiger partial charge in [0.1, 0.15) is 5.82 Å². The van der Waals surface area contributed by atoms with E-state index in [1.165, 1.54) is 6.20 Å². The van der Waals surface area contributed by atoms with Gasteiger partial charge in [-0.3, -0.25) is 4.79 Å². The van der Waals surface area contributed by atoms with Crippen molar-refractivity contribution in [2.45, 2.75) is 26.7 Å². The Labute approximate surface area is 125 Å². The molecule has 0 atom stereocenters. The molecule has 1 aromatic heterocycles. The van der Waals surface area contributed by atoms with Crippen molar-refractivity contribution in [3.63, 3.8) is 0 Å². The summed E-state index contributed by atoms with van der Waals surface area (Å²) in [6.07, 6.45) is 3.28. The molecule has 0 aliphatic carbocycles. The van der Waals surface area contributed by atoms with Crippen LogP contribution in [-0.2, 0) is 4.74 Å². The van der Waals surface area contributed by atoms with Crippen molar-refractivity contribution >= 4 is 23.3 Å². The Balaban J connectivity index is 2.44. The van der Waals surface area contributed by atoms with Gasteiger partial charge in [-0.1, -0.05) is 18.5 Å². The van der Waals surface area contributed by atoms with Crippen LogP contribution in [0.25, 0.3) is 0 Å². The number of carbonyl (C=O) groups is 1. The third kappa shape index (κ3) is 5.75. The first-order valence-corrected chi connectivity index (χ1v) is 7.32. The number of hydrogen-bond donors (Lipinski definition) is 2. The number of nitrogens with one attached hydrogen (secondary N) is 2. The van der Waals surface area contributed by atoms with Crippen molar-refractivity contribution in [2.24, 2.45) is 0 Å². The molecule has 0 aliphatic heterocycles. The maximum Gasteiger partial charge on any atom is 0.252 e. The lowest BCUT2D eigenvalue weighted by Gasteiger charge is -2.09. The molecule has 0 saturated heterocycles. The number of carbonyl (C=O) groups excluding carboxylic acids is 1. The molecule has 1 rings (SSSR count). The minimum Gasteiger partial charge on any atom is -0.381 e. The monoisotopic (exact) mass is 299 g/mol. The number of hydrogen-bond acceptors (Lipinski definition) is 4. The molecule has 0 spiro atoms. The molecule has 0 unspecified atom stereocenters. The minimum atomic E-state index is -0.188. The molecular formula is C14H22ClN3O2. The lowest BCUT2D eigenvalue weighted by molar-refractivity contribution is 0.0941. The number of ether oxygens (including phenoxy) is 1. The van der Waals surface area contributed by atoms with E-state index in [4.69, 9.17) is 16.3 Å². The van der Waals surface area contributed by atoms with E-state index in [2.05, 4.69) is 22.5 Å². The molecule has 1 amide bonds. The van der Waals surface area contributed by atoms with Gasteiger partial charge < -0.3 is 15.4 Å². The lowest BCUT2D eigenvalue weighted by Crippen LogP contribution is -2.25. The second kappa shape index (κ2) is 9.55. The minimum absolute atomic E-state index is 0.188. The van der Waals surface area contributed by atoms with Gasteiger partial charge in [-0.05, 0) is 25.8 Å². The van der Waals surface area contributed by atoms with Crippen molar-refractivity contribution in [1.82, 2.24) is 10.3 Å². The highest BCUT2D eigenvalue weighted by Gasteiger charge is 2.11. The van der Waals surface area contributed by atoms with E-state index in [0.29, 0.717) is 29.6 Å². The van der Waals surface area contributed by atoms with E-state index in [1.54, 1.807) is 6.07 Å². The predicted octanol–water partition coefficient (Wildman–Crippen LogP) is 2.71. The van der Waals surface area contributed by atoms with E-state index in [1.807, 2.05) is 6.92 Å². The molecule has 0 saturated carbocycles. The molecule has 6 heteroatoms. The first-order valence-electron chi connectivity index (χ1n) is 6.94. The number of amides is 1. The van der Waals surface area contributed by atoms with Crippen LogP contribution in [0.2, 0.25) is 5.02 Å². The summed E-state index contributed by atoms with van der Waals surface area (Å²) in [5.74, 6) is 0.459. The molecular weight excluding hydrogens is 278 g/mol. The van der Waals surface area contributed by atoms with Gasteiger partial charge in [0.2, 0.25) is 0 Å². The smallest absolute Gasteiger partial charge is 0.252 e. The van der Waals surface area contributed by atoms with Gasteiger partial charge in [-0.15, -0.1) is 0 Å². The molecule has 1 aromatic rings. The highest BCUT2D eigenvalue weighted by Crippen LogP contribution is 2.17. The van der Waals surface area contributed by atoms with Crippen LogP contribution in [0.3, 0.4) is 0 Å². The zero-order chi connectivity index (χ0) is 14.8. The molecule has 2 N–H and O–H groups in total. The third-order valence-electron chi connectivity index (χ3n) is 2.56. The van der Waals surface area contributed by atoms with Crippen LogP contribution in [-0.4, -0.2) is 37.2 Å². The molecule has 20 heavy (non-hydrogen) atoms. The maximum absolute atomic E-state index is 12.0. The SMILES string of the molecule is CCCOCCCNC(=O)c1cc(NCC)ncc1Cl. The normalized spacial score (nSPS) is 10.3. The lowest BCUT2D eigenvalue weighted by atomic mass is 10.2. The van der Waals surface area contributed by atoms with E-state index < -0.39 is 0 Å². The van der Waals surface area contributed by atoms with Gasteiger partial charge in [-0.25, -0.2) is 4.98 Å². The first kappa shape index (κ1) is 16.7. The highest BCUT2D eigenvalue weighted by atomic mass is 35.5. The largest absolute Gasteiger partial charge is 0.381 e. The number of aromatic nitrogens is 1. The summed E-state index contributed by atoms with van der Waals surface area (Å²) < 4.78 is 5.35. The molecule has 5 nitrogen and oxygen atoms in total. The fourth-order valence-electron chi connectivity index (χ4n) is 1.61. The zero-order valence-corrected chi connectivity index (χ0v) is 12.8. The summed E-state index contributed by atoms with van der Waals surface area (Å²) in [6.45, 7) is 6.75. The average Bonchev–Trinajstić information content (AvgIpc) is 2.45. The number of halogens is 1. The summed E-state index contributed by atoms with van der Waals surface area (Å²) in [6, 6.07) is 1.66. The molecule has 0 aromatic carbocycles. The average molecular weight is 300 g/mol. The van der Waals surface area contributed by atoms with Gasteiger partial charge in [0, 0.05) is 32.5 Å². The van der Waals surface area contributed by atoms with Gasteiger partial charge in [0.05, 0.1) is 10.6 Å². The third-order valence-corrected chi connectivity index (χ3v) is 2.86. The van der Waals surface area contributed by atoms with Gasteiger partial charge in [0.15, 0.2) is 0 Å². The number of anilines is 1. The fraction of sp³-hybridized carbons (Fsp3) is 0.571. The van der Waals surface area contributed by atoms with Crippen LogP contribution in [0.5, 0.6) is 0 Å². The van der Waals surface area contributed by atoms with Crippen LogP contribution in [0.1, 0.15) is 37.0 Å². The molecule has 0 bridgehead atoms. The Kier molecular flexibility index (Phi) is 7.99.